The Morgan fingerprint density at radius 2 is 1.26 bits per heavy atom. The molecule has 1 N–H and O–H groups in total. The second-order valence-corrected chi connectivity index (χ2v) is 7.71. The number of aliphatic hydroxyl groups excluding tert-OH is 1. The third-order valence-corrected chi connectivity index (χ3v) is 5.34. The van der Waals surface area contributed by atoms with Crippen molar-refractivity contribution in [1.82, 2.24) is 4.90 Å². The first-order valence-electron chi connectivity index (χ1n) is 10.8. The molecular weight excluding hydrogens is 386 g/mol. The smallest absolute Gasteiger partial charge is 0.308 e. The number of rotatable bonds is 11. The molecule has 3 aromatic carbocycles. The average Bonchev–Trinajstić information content (AvgIpc) is 2.79. The Hall–Kier alpha value is -2.95. The van der Waals surface area contributed by atoms with Crippen LogP contribution in [0.2, 0.25) is 0 Å². The van der Waals surface area contributed by atoms with Gasteiger partial charge in [-0.3, -0.25) is 9.69 Å². The zero-order valence-corrected chi connectivity index (χ0v) is 18.1. The summed E-state index contributed by atoms with van der Waals surface area (Å²) in [5.74, 6) is -0.368. The van der Waals surface area contributed by atoms with Gasteiger partial charge in [-0.25, -0.2) is 0 Å². The molecule has 0 aliphatic heterocycles. The first kappa shape index (κ1) is 22.7. The third kappa shape index (κ3) is 7.35. The van der Waals surface area contributed by atoms with Gasteiger partial charge in [0.2, 0.25) is 0 Å². The Morgan fingerprint density at radius 1 is 0.806 bits per heavy atom. The first-order chi connectivity index (χ1) is 15.2. The predicted octanol–water partition coefficient (Wildman–Crippen LogP) is 4.61. The summed E-state index contributed by atoms with van der Waals surface area (Å²) >= 11 is 0. The Kier molecular flexibility index (Phi) is 8.83. The summed E-state index contributed by atoms with van der Waals surface area (Å²) in [5.41, 5.74) is 3.46. The number of carbonyl (C=O) groups is 1. The lowest BCUT2D eigenvalue weighted by atomic mass is 9.96. The molecule has 0 aromatic heterocycles. The fourth-order valence-corrected chi connectivity index (χ4v) is 3.82. The van der Waals surface area contributed by atoms with Crippen LogP contribution in [0.5, 0.6) is 0 Å². The second kappa shape index (κ2) is 12.0. The van der Waals surface area contributed by atoms with Crippen molar-refractivity contribution in [2.24, 2.45) is 0 Å². The standard InChI is InChI=1S/C27H31NO3/c1-2-31-27(30)19-26(29)25(18-22-12-6-3-7-13-22)28(20-23-14-8-4-9-15-23)21-24-16-10-5-11-17-24/h3-17,25-26,29H,2,18-21H2,1H3/t25-,26-/m0/s1. The summed E-state index contributed by atoms with van der Waals surface area (Å²) < 4.78 is 5.11. The average molecular weight is 418 g/mol. The molecule has 2 atom stereocenters. The van der Waals surface area contributed by atoms with E-state index in [0.717, 1.165) is 5.56 Å². The summed E-state index contributed by atoms with van der Waals surface area (Å²) in [7, 11) is 0. The number of benzene rings is 3. The summed E-state index contributed by atoms with van der Waals surface area (Å²) in [4.78, 5) is 14.4. The molecule has 0 unspecified atom stereocenters. The molecule has 3 rings (SSSR count). The molecule has 0 spiro atoms. The molecule has 0 saturated heterocycles. The molecule has 0 radical (unpaired) electrons. The molecule has 4 nitrogen and oxygen atoms in total. The zero-order chi connectivity index (χ0) is 21.9. The van der Waals surface area contributed by atoms with Crippen molar-refractivity contribution in [3.05, 3.63) is 108 Å². The molecule has 162 valence electrons. The lowest BCUT2D eigenvalue weighted by Gasteiger charge is -2.35. The van der Waals surface area contributed by atoms with Crippen LogP contribution in [0, 0.1) is 0 Å². The maximum absolute atomic E-state index is 12.1. The van der Waals surface area contributed by atoms with Gasteiger partial charge in [-0.15, -0.1) is 0 Å². The molecular formula is C27H31NO3. The van der Waals surface area contributed by atoms with E-state index in [-0.39, 0.29) is 18.4 Å². The van der Waals surface area contributed by atoms with Crippen molar-refractivity contribution < 1.29 is 14.6 Å². The van der Waals surface area contributed by atoms with Gasteiger partial charge < -0.3 is 9.84 Å². The van der Waals surface area contributed by atoms with Crippen molar-refractivity contribution in [1.29, 1.82) is 0 Å². The van der Waals surface area contributed by atoms with Crippen LogP contribution in [0.1, 0.15) is 30.0 Å². The van der Waals surface area contributed by atoms with Crippen LogP contribution in [0.3, 0.4) is 0 Å². The van der Waals surface area contributed by atoms with E-state index in [1.807, 2.05) is 54.6 Å². The van der Waals surface area contributed by atoms with Crippen LogP contribution in [0.25, 0.3) is 0 Å². The number of nitrogens with zero attached hydrogens (tertiary/aromatic N) is 1. The van der Waals surface area contributed by atoms with Gasteiger partial charge in [-0.1, -0.05) is 91.0 Å². The van der Waals surface area contributed by atoms with Crippen molar-refractivity contribution >= 4 is 5.97 Å². The minimum atomic E-state index is -0.841. The summed E-state index contributed by atoms with van der Waals surface area (Å²) in [6, 6.07) is 30.3. The van der Waals surface area contributed by atoms with E-state index in [4.69, 9.17) is 4.74 Å². The Morgan fingerprint density at radius 3 is 1.71 bits per heavy atom. The highest BCUT2D eigenvalue weighted by atomic mass is 16.5. The first-order valence-corrected chi connectivity index (χ1v) is 10.8. The normalized spacial score (nSPS) is 13.0. The molecule has 0 saturated carbocycles. The minimum Gasteiger partial charge on any atom is -0.466 e. The Bertz CT molecular complexity index is 858. The van der Waals surface area contributed by atoms with Crippen molar-refractivity contribution in [2.75, 3.05) is 6.61 Å². The van der Waals surface area contributed by atoms with Gasteiger partial charge in [-0.05, 0) is 30.0 Å². The summed E-state index contributed by atoms with van der Waals surface area (Å²) in [6.45, 7) is 3.44. The summed E-state index contributed by atoms with van der Waals surface area (Å²) in [5, 5.41) is 11.2. The number of aliphatic hydroxyl groups is 1. The van der Waals surface area contributed by atoms with E-state index in [1.54, 1.807) is 6.92 Å². The Labute approximate surface area is 185 Å². The van der Waals surface area contributed by atoms with E-state index in [2.05, 4.69) is 41.3 Å². The molecule has 3 aromatic rings. The molecule has 0 amide bonds. The SMILES string of the molecule is CCOC(=O)C[C@H](O)[C@H](Cc1ccccc1)N(Cc1ccccc1)Cc1ccccc1. The van der Waals surface area contributed by atoms with Gasteiger partial charge in [0.15, 0.2) is 0 Å². The number of hydrogen-bond donors (Lipinski definition) is 1. The van der Waals surface area contributed by atoms with Gasteiger partial charge in [-0.2, -0.15) is 0 Å². The number of carbonyl (C=O) groups excluding carboxylic acids is 1. The number of ether oxygens (including phenoxy) is 1. The molecule has 0 aliphatic carbocycles. The van der Waals surface area contributed by atoms with Crippen LogP contribution in [0.4, 0.5) is 0 Å². The summed E-state index contributed by atoms with van der Waals surface area (Å²) in [6.07, 6.45) is -0.223. The van der Waals surface area contributed by atoms with Gasteiger partial charge in [0.1, 0.15) is 0 Å². The van der Waals surface area contributed by atoms with Crippen molar-refractivity contribution in [3.8, 4) is 0 Å². The van der Waals surface area contributed by atoms with Gasteiger partial charge >= 0.3 is 5.97 Å². The zero-order valence-electron chi connectivity index (χ0n) is 18.1. The third-order valence-electron chi connectivity index (χ3n) is 5.34. The molecule has 31 heavy (non-hydrogen) atoms. The maximum atomic E-state index is 12.1. The number of hydrogen-bond acceptors (Lipinski definition) is 4. The molecule has 0 heterocycles. The van der Waals surface area contributed by atoms with E-state index in [0.29, 0.717) is 26.1 Å². The van der Waals surface area contributed by atoms with Crippen molar-refractivity contribution in [2.45, 2.75) is 45.0 Å². The molecule has 4 heteroatoms. The van der Waals surface area contributed by atoms with Crippen LogP contribution in [-0.4, -0.2) is 34.7 Å². The topological polar surface area (TPSA) is 49.8 Å². The van der Waals surface area contributed by atoms with Crippen LogP contribution >= 0.6 is 0 Å². The monoisotopic (exact) mass is 417 g/mol. The predicted molar refractivity (Wildman–Crippen MR) is 123 cm³/mol. The highest BCUT2D eigenvalue weighted by molar-refractivity contribution is 5.70. The lowest BCUT2D eigenvalue weighted by Crippen LogP contribution is -2.45. The van der Waals surface area contributed by atoms with Crippen LogP contribution < -0.4 is 0 Å². The van der Waals surface area contributed by atoms with Crippen LogP contribution in [0.15, 0.2) is 91.0 Å². The van der Waals surface area contributed by atoms with E-state index < -0.39 is 6.10 Å². The minimum absolute atomic E-state index is 0.0224. The van der Waals surface area contributed by atoms with Crippen LogP contribution in [-0.2, 0) is 29.0 Å². The van der Waals surface area contributed by atoms with E-state index in [9.17, 15) is 9.90 Å². The maximum Gasteiger partial charge on any atom is 0.308 e. The highest BCUT2D eigenvalue weighted by Crippen LogP contribution is 2.21. The van der Waals surface area contributed by atoms with Gasteiger partial charge in [0.05, 0.1) is 19.1 Å². The molecule has 0 aliphatic rings. The van der Waals surface area contributed by atoms with Gasteiger partial charge in [0.25, 0.3) is 0 Å². The largest absolute Gasteiger partial charge is 0.466 e. The second-order valence-electron chi connectivity index (χ2n) is 7.71. The van der Waals surface area contributed by atoms with Gasteiger partial charge in [0, 0.05) is 19.1 Å². The number of esters is 1. The fraction of sp³-hybridized carbons (Fsp3) is 0.296. The molecule has 0 fully saturated rings. The fourth-order valence-electron chi connectivity index (χ4n) is 3.82. The van der Waals surface area contributed by atoms with E-state index >= 15 is 0 Å². The highest BCUT2D eigenvalue weighted by Gasteiger charge is 2.29. The van der Waals surface area contributed by atoms with Crippen molar-refractivity contribution in [3.63, 3.8) is 0 Å². The van der Waals surface area contributed by atoms with E-state index in [1.165, 1.54) is 11.1 Å². The quantitative estimate of drug-likeness (QED) is 0.463. The lowest BCUT2D eigenvalue weighted by molar-refractivity contribution is -0.146. The Balaban J connectivity index is 1.90. The molecule has 0 bridgehead atoms.